The molecule has 0 atom stereocenters. The summed E-state index contributed by atoms with van der Waals surface area (Å²) in [4.78, 5) is 15.5. The van der Waals surface area contributed by atoms with Gasteiger partial charge in [0.15, 0.2) is 17.5 Å². The zero-order valence-electron chi connectivity index (χ0n) is 33.4. The van der Waals surface area contributed by atoms with Crippen LogP contribution in [0.3, 0.4) is 0 Å². The summed E-state index contributed by atoms with van der Waals surface area (Å²) in [6.07, 6.45) is 0. The van der Waals surface area contributed by atoms with Crippen LogP contribution in [0.25, 0.3) is 121 Å². The minimum absolute atomic E-state index is 0.604. The molecule has 0 unspecified atom stereocenters. The van der Waals surface area contributed by atoms with Gasteiger partial charge in [0.2, 0.25) is 0 Å². The third-order valence-electron chi connectivity index (χ3n) is 11.7. The minimum Gasteiger partial charge on any atom is -0.456 e. The highest BCUT2D eigenvalue weighted by Crippen LogP contribution is 2.47. The Bertz CT molecular complexity index is 3560. The molecule has 0 aliphatic heterocycles. The molecule has 5 heteroatoms. The predicted molar refractivity (Wildman–Crippen MR) is 258 cm³/mol. The van der Waals surface area contributed by atoms with Crippen molar-refractivity contribution in [3.63, 3.8) is 0 Å². The van der Waals surface area contributed by atoms with Crippen LogP contribution < -0.4 is 0 Å². The second kappa shape index (κ2) is 14.9. The average Bonchev–Trinajstić information content (AvgIpc) is 3.93. The summed E-state index contributed by atoms with van der Waals surface area (Å²) in [5, 5.41) is 4.66. The number of thiophene rings is 1. The molecule has 0 N–H and O–H groups in total. The Morgan fingerprint density at radius 3 is 1.48 bits per heavy atom. The van der Waals surface area contributed by atoms with Crippen LogP contribution in [-0.4, -0.2) is 15.0 Å². The van der Waals surface area contributed by atoms with Gasteiger partial charge in [-0.25, -0.2) is 15.0 Å². The highest BCUT2D eigenvalue weighted by molar-refractivity contribution is 7.26. The van der Waals surface area contributed by atoms with E-state index in [9.17, 15) is 0 Å². The third-order valence-corrected chi connectivity index (χ3v) is 12.9. The van der Waals surface area contributed by atoms with E-state index >= 15 is 0 Å². The lowest BCUT2D eigenvalue weighted by Gasteiger charge is -2.13. The molecular formula is C57H35N3OS. The second-order valence-electron chi connectivity index (χ2n) is 15.5. The van der Waals surface area contributed by atoms with Gasteiger partial charge in [-0.15, -0.1) is 11.3 Å². The number of fused-ring (bicyclic) bond motifs is 6. The summed E-state index contributed by atoms with van der Waals surface area (Å²) < 4.78 is 8.90. The fourth-order valence-electron chi connectivity index (χ4n) is 8.82. The van der Waals surface area contributed by atoms with E-state index < -0.39 is 0 Å². The van der Waals surface area contributed by atoms with Crippen LogP contribution in [0.2, 0.25) is 0 Å². The number of para-hydroxylation sites is 1. The molecule has 0 radical (unpaired) electrons. The second-order valence-corrected chi connectivity index (χ2v) is 16.6. The first-order chi connectivity index (χ1) is 30.7. The molecule has 12 rings (SSSR count). The Morgan fingerprint density at radius 2 is 0.806 bits per heavy atom. The first kappa shape index (κ1) is 35.9. The maximum Gasteiger partial charge on any atom is 0.164 e. The molecule has 0 amide bonds. The standard InChI is InChI=1S/C57H35N3OS/c1-5-17-36(18-6-1)40-34-48(37-19-7-2-8-20-37)53-47-28-15-27-45(54(47)62-51(53)35-40)42-31-41(44-26-16-30-50-52(44)46-25-13-14-29-49(46)61-50)32-43(33-42)57-59-55(38-21-9-3-10-22-38)58-56(60-57)39-23-11-4-12-24-39/h1-35H. The summed E-state index contributed by atoms with van der Waals surface area (Å²) in [5.74, 6) is 1.85. The van der Waals surface area contributed by atoms with Crippen molar-refractivity contribution in [3.05, 3.63) is 212 Å². The van der Waals surface area contributed by atoms with Crippen molar-refractivity contribution in [1.29, 1.82) is 0 Å². The molecule has 0 saturated heterocycles. The van der Waals surface area contributed by atoms with Crippen molar-refractivity contribution >= 4 is 53.4 Å². The van der Waals surface area contributed by atoms with Crippen molar-refractivity contribution in [1.82, 2.24) is 15.0 Å². The van der Waals surface area contributed by atoms with E-state index in [1.54, 1.807) is 0 Å². The van der Waals surface area contributed by atoms with Crippen molar-refractivity contribution in [2.75, 3.05) is 0 Å². The van der Waals surface area contributed by atoms with Crippen molar-refractivity contribution in [2.45, 2.75) is 0 Å². The largest absolute Gasteiger partial charge is 0.456 e. The predicted octanol–water partition coefficient (Wildman–Crippen LogP) is 15.8. The van der Waals surface area contributed by atoms with E-state index in [1.165, 1.54) is 42.4 Å². The molecule has 12 aromatic rings. The Hall–Kier alpha value is -7.99. The Balaban J connectivity index is 1.14. The zero-order chi connectivity index (χ0) is 41.0. The molecule has 0 saturated carbocycles. The van der Waals surface area contributed by atoms with Crippen LogP contribution in [0.4, 0.5) is 0 Å². The quantitative estimate of drug-likeness (QED) is 0.161. The van der Waals surface area contributed by atoms with Gasteiger partial charge in [-0.05, 0) is 87.0 Å². The summed E-state index contributed by atoms with van der Waals surface area (Å²) in [6, 6.07) is 74.6. The Kier molecular flexibility index (Phi) is 8.65. The van der Waals surface area contributed by atoms with E-state index in [4.69, 9.17) is 19.4 Å². The third kappa shape index (κ3) is 6.26. The SMILES string of the molecule is c1ccc(-c2cc(-c3ccccc3)c3c(c2)sc2c(-c4cc(-c5nc(-c6ccccc6)nc(-c6ccccc6)n5)cc(-c5cccc6oc7ccccc7c56)c4)cccc23)cc1. The maximum atomic E-state index is 6.42. The molecule has 4 nitrogen and oxygen atoms in total. The van der Waals surface area contributed by atoms with E-state index in [-0.39, 0.29) is 0 Å². The molecule has 0 fully saturated rings. The van der Waals surface area contributed by atoms with Gasteiger partial charge in [-0.2, -0.15) is 0 Å². The summed E-state index contributed by atoms with van der Waals surface area (Å²) >= 11 is 1.85. The lowest BCUT2D eigenvalue weighted by molar-refractivity contribution is 0.669. The Labute approximate surface area is 362 Å². The molecule has 0 spiro atoms. The van der Waals surface area contributed by atoms with Crippen LogP contribution in [-0.2, 0) is 0 Å². The fourth-order valence-corrected chi connectivity index (χ4v) is 10.1. The number of rotatable bonds is 7. The zero-order valence-corrected chi connectivity index (χ0v) is 34.2. The Morgan fingerprint density at radius 1 is 0.306 bits per heavy atom. The van der Waals surface area contributed by atoms with Gasteiger partial charge in [-0.1, -0.05) is 170 Å². The maximum absolute atomic E-state index is 6.42. The molecule has 62 heavy (non-hydrogen) atoms. The lowest BCUT2D eigenvalue weighted by Crippen LogP contribution is -2.00. The van der Waals surface area contributed by atoms with E-state index in [2.05, 4.69) is 164 Å². The van der Waals surface area contributed by atoms with Gasteiger partial charge in [0, 0.05) is 47.6 Å². The summed E-state index contributed by atoms with van der Waals surface area (Å²) in [7, 11) is 0. The van der Waals surface area contributed by atoms with E-state index in [1.807, 2.05) is 59.9 Å². The molecular weight excluding hydrogens is 775 g/mol. The number of hydrogen-bond acceptors (Lipinski definition) is 5. The van der Waals surface area contributed by atoms with Gasteiger partial charge in [0.1, 0.15) is 11.2 Å². The molecule has 0 bridgehead atoms. The smallest absolute Gasteiger partial charge is 0.164 e. The van der Waals surface area contributed by atoms with Crippen molar-refractivity contribution < 1.29 is 4.42 Å². The first-order valence-electron chi connectivity index (χ1n) is 20.8. The molecule has 0 aliphatic rings. The number of furan rings is 1. The normalized spacial score (nSPS) is 11.5. The molecule has 3 heterocycles. The van der Waals surface area contributed by atoms with Crippen LogP contribution in [0.5, 0.6) is 0 Å². The summed E-state index contributed by atoms with van der Waals surface area (Å²) in [5.41, 5.74) is 13.7. The van der Waals surface area contributed by atoms with Gasteiger partial charge >= 0.3 is 0 Å². The van der Waals surface area contributed by atoms with Crippen LogP contribution in [0.15, 0.2) is 217 Å². The first-order valence-corrected chi connectivity index (χ1v) is 21.6. The number of nitrogens with zero attached hydrogens (tertiary/aromatic N) is 3. The van der Waals surface area contributed by atoms with E-state index in [0.717, 1.165) is 60.9 Å². The van der Waals surface area contributed by atoms with E-state index in [0.29, 0.717) is 17.5 Å². The molecule has 290 valence electrons. The van der Waals surface area contributed by atoms with Crippen LogP contribution in [0.1, 0.15) is 0 Å². The average molecular weight is 810 g/mol. The number of benzene rings is 9. The van der Waals surface area contributed by atoms with Crippen molar-refractivity contribution in [2.24, 2.45) is 0 Å². The topological polar surface area (TPSA) is 51.8 Å². The highest BCUT2D eigenvalue weighted by Gasteiger charge is 2.21. The van der Waals surface area contributed by atoms with Gasteiger partial charge < -0.3 is 4.42 Å². The van der Waals surface area contributed by atoms with Crippen LogP contribution >= 0.6 is 11.3 Å². The minimum atomic E-state index is 0.604. The van der Waals surface area contributed by atoms with Gasteiger partial charge in [0.05, 0.1) is 0 Å². The molecule has 3 aromatic heterocycles. The number of hydrogen-bond donors (Lipinski definition) is 0. The fraction of sp³-hybridized carbons (Fsp3) is 0. The van der Waals surface area contributed by atoms with Gasteiger partial charge in [-0.3, -0.25) is 0 Å². The number of aromatic nitrogens is 3. The molecule has 0 aliphatic carbocycles. The molecule has 9 aromatic carbocycles. The lowest BCUT2D eigenvalue weighted by atomic mass is 9.91. The van der Waals surface area contributed by atoms with Gasteiger partial charge in [0.25, 0.3) is 0 Å². The highest BCUT2D eigenvalue weighted by atomic mass is 32.1. The summed E-state index contributed by atoms with van der Waals surface area (Å²) in [6.45, 7) is 0. The van der Waals surface area contributed by atoms with Crippen molar-refractivity contribution in [3.8, 4) is 78.7 Å². The monoisotopic (exact) mass is 809 g/mol. The van der Waals surface area contributed by atoms with Crippen LogP contribution in [0, 0.1) is 0 Å².